The van der Waals surface area contributed by atoms with E-state index in [1.165, 1.54) is 18.2 Å². The van der Waals surface area contributed by atoms with Crippen LogP contribution in [0.2, 0.25) is 0 Å². The smallest absolute Gasteiger partial charge is 0.488 e. The van der Waals surface area contributed by atoms with E-state index in [0.29, 0.717) is 23.2 Å². The average Bonchev–Trinajstić information content (AvgIpc) is 2.44. The van der Waals surface area contributed by atoms with Crippen LogP contribution in [0.1, 0.15) is 15.9 Å². The molecule has 0 aliphatic carbocycles. The summed E-state index contributed by atoms with van der Waals surface area (Å²) in [5, 5.41) is 0. The predicted molar refractivity (Wildman–Crippen MR) is 77.0 cm³/mol. The first-order chi connectivity index (χ1) is 10.4. The van der Waals surface area contributed by atoms with Gasteiger partial charge in [0.2, 0.25) is 0 Å². The van der Waals surface area contributed by atoms with E-state index in [2.05, 4.69) is 20.7 Å². The molecule has 0 aromatic heterocycles. The first-order valence-corrected chi connectivity index (χ1v) is 6.89. The van der Waals surface area contributed by atoms with Crippen LogP contribution < -0.4 is 9.47 Å². The Morgan fingerprint density at radius 2 is 1.91 bits per heavy atom. The summed E-state index contributed by atoms with van der Waals surface area (Å²) in [7, 11) is 0. The van der Waals surface area contributed by atoms with Gasteiger partial charge < -0.3 is 9.47 Å². The average molecular weight is 375 g/mol. The van der Waals surface area contributed by atoms with E-state index in [1.807, 2.05) is 0 Å². The fraction of sp³-hybridized carbons (Fsp3) is 0.133. The van der Waals surface area contributed by atoms with E-state index in [-0.39, 0.29) is 12.4 Å². The molecule has 0 aliphatic heterocycles. The van der Waals surface area contributed by atoms with E-state index < -0.39 is 6.36 Å². The Labute approximate surface area is 132 Å². The third kappa shape index (κ3) is 4.77. The molecule has 0 N–H and O–H groups in total. The van der Waals surface area contributed by atoms with Crippen molar-refractivity contribution in [2.75, 3.05) is 0 Å². The van der Waals surface area contributed by atoms with E-state index in [0.717, 1.165) is 4.47 Å². The lowest BCUT2D eigenvalue weighted by molar-refractivity contribution is -0.274. The third-order valence-electron chi connectivity index (χ3n) is 2.63. The molecule has 7 heteroatoms. The van der Waals surface area contributed by atoms with Crippen molar-refractivity contribution in [3.05, 3.63) is 58.1 Å². The van der Waals surface area contributed by atoms with Gasteiger partial charge in [-0.1, -0.05) is 28.1 Å². The lowest BCUT2D eigenvalue weighted by atomic mass is 10.2. The van der Waals surface area contributed by atoms with Crippen LogP contribution in [-0.4, -0.2) is 12.6 Å². The van der Waals surface area contributed by atoms with Gasteiger partial charge >= 0.3 is 6.36 Å². The second kappa shape index (κ2) is 6.83. The molecule has 0 radical (unpaired) electrons. The zero-order valence-corrected chi connectivity index (χ0v) is 12.6. The second-order valence-electron chi connectivity index (χ2n) is 4.28. The molecule has 0 fully saturated rings. The minimum absolute atomic E-state index is 0.0114. The quantitative estimate of drug-likeness (QED) is 0.709. The summed E-state index contributed by atoms with van der Waals surface area (Å²) in [5.74, 6) is 0.0281. The Balaban J connectivity index is 2.09. The second-order valence-corrected chi connectivity index (χ2v) is 5.20. The zero-order valence-electron chi connectivity index (χ0n) is 11.1. The molecule has 0 saturated heterocycles. The highest BCUT2D eigenvalue weighted by Gasteiger charge is 2.31. The van der Waals surface area contributed by atoms with Crippen LogP contribution in [0.3, 0.4) is 0 Å². The summed E-state index contributed by atoms with van der Waals surface area (Å²) in [6, 6.07) is 10.4. The van der Waals surface area contributed by atoms with Gasteiger partial charge in [0.05, 0.1) is 5.56 Å². The molecule has 0 amide bonds. The van der Waals surface area contributed by atoms with Gasteiger partial charge in [0.1, 0.15) is 18.1 Å². The predicted octanol–water partition coefficient (Wildman–Crippen LogP) is 4.74. The molecule has 0 unspecified atom stereocenters. The number of alkyl halides is 3. The summed E-state index contributed by atoms with van der Waals surface area (Å²) in [6.45, 7) is 0.0114. The van der Waals surface area contributed by atoms with Gasteiger partial charge in [-0.2, -0.15) is 0 Å². The molecule has 0 spiro atoms. The number of ether oxygens (including phenoxy) is 2. The number of benzene rings is 2. The summed E-state index contributed by atoms with van der Waals surface area (Å²) in [5.41, 5.74) is 0.832. The summed E-state index contributed by atoms with van der Waals surface area (Å²) < 4.78 is 46.5. The number of carbonyl (C=O) groups excluding carboxylic acids is 1. The molecule has 2 aromatic rings. The summed E-state index contributed by atoms with van der Waals surface area (Å²) in [4.78, 5) is 11.0. The Hall–Kier alpha value is -2.02. The molecule has 0 heterocycles. The maximum atomic E-state index is 12.2. The Morgan fingerprint density at radius 1 is 1.14 bits per heavy atom. The van der Waals surface area contributed by atoms with Crippen molar-refractivity contribution in [1.29, 1.82) is 0 Å². The van der Waals surface area contributed by atoms with E-state index in [9.17, 15) is 18.0 Å². The lowest BCUT2D eigenvalue weighted by Gasteiger charge is -2.11. The van der Waals surface area contributed by atoms with E-state index in [4.69, 9.17) is 4.74 Å². The molecule has 0 atom stereocenters. The van der Waals surface area contributed by atoms with Crippen molar-refractivity contribution < 1.29 is 27.4 Å². The highest BCUT2D eigenvalue weighted by Crippen LogP contribution is 2.25. The van der Waals surface area contributed by atoms with Gasteiger partial charge in [0.15, 0.2) is 6.29 Å². The molecule has 2 aromatic carbocycles. The van der Waals surface area contributed by atoms with Crippen LogP contribution in [0, 0.1) is 0 Å². The van der Waals surface area contributed by atoms with Gasteiger partial charge in [-0.25, -0.2) is 0 Å². The summed E-state index contributed by atoms with van der Waals surface area (Å²) >= 11 is 3.23. The maximum Gasteiger partial charge on any atom is 0.573 e. The fourth-order valence-corrected chi connectivity index (χ4v) is 2.12. The van der Waals surface area contributed by atoms with Gasteiger partial charge in [-0.3, -0.25) is 4.79 Å². The fourth-order valence-electron chi connectivity index (χ4n) is 1.74. The van der Waals surface area contributed by atoms with Crippen LogP contribution in [0.5, 0.6) is 11.5 Å². The standard InChI is InChI=1S/C15H10BrF3O3/c16-12-4-5-14(11(7-12)8-20)21-9-10-2-1-3-13(6-10)22-15(17,18)19/h1-8H,9H2. The first-order valence-electron chi connectivity index (χ1n) is 6.09. The van der Waals surface area contributed by atoms with Crippen LogP contribution in [0.15, 0.2) is 46.9 Å². The lowest BCUT2D eigenvalue weighted by Crippen LogP contribution is -2.17. The summed E-state index contributed by atoms with van der Waals surface area (Å²) in [6.07, 6.45) is -4.10. The first kappa shape index (κ1) is 16.4. The van der Waals surface area contributed by atoms with Gasteiger partial charge in [-0.15, -0.1) is 13.2 Å². The highest BCUT2D eigenvalue weighted by atomic mass is 79.9. The van der Waals surface area contributed by atoms with Crippen molar-refractivity contribution in [3.63, 3.8) is 0 Å². The van der Waals surface area contributed by atoms with Crippen molar-refractivity contribution in [1.82, 2.24) is 0 Å². The Bertz CT molecular complexity index is 671. The number of rotatable bonds is 5. The minimum Gasteiger partial charge on any atom is -0.488 e. The number of hydrogen-bond donors (Lipinski definition) is 0. The number of carbonyl (C=O) groups is 1. The molecule has 0 saturated carbocycles. The number of aldehydes is 1. The van der Waals surface area contributed by atoms with E-state index in [1.54, 1.807) is 24.3 Å². The zero-order chi connectivity index (χ0) is 16.2. The molecule has 22 heavy (non-hydrogen) atoms. The SMILES string of the molecule is O=Cc1cc(Br)ccc1OCc1cccc(OC(F)(F)F)c1. The monoisotopic (exact) mass is 374 g/mol. The van der Waals surface area contributed by atoms with Gasteiger partial charge in [0.25, 0.3) is 0 Å². The Kier molecular flexibility index (Phi) is 5.07. The normalized spacial score (nSPS) is 11.1. The van der Waals surface area contributed by atoms with Crippen LogP contribution in [-0.2, 0) is 6.61 Å². The van der Waals surface area contributed by atoms with Gasteiger partial charge in [-0.05, 0) is 35.9 Å². The van der Waals surface area contributed by atoms with Crippen LogP contribution in [0.4, 0.5) is 13.2 Å². The van der Waals surface area contributed by atoms with Crippen molar-refractivity contribution in [3.8, 4) is 11.5 Å². The molecular weight excluding hydrogens is 365 g/mol. The minimum atomic E-state index is -4.74. The molecule has 116 valence electrons. The molecular formula is C15H10BrF3O3. The largest absolute Gasteiger partial charge is 0.573 e. The third-order valence-corrected chi connectivity index (χ3v) is 3.12. The van der Waals surface area contributed by atoms with Crippen LogP contribution >= 0.6 is 15.9 Å². The van der Waals surface area contributed by atoms with Crippen molar-refractivity contribution >= 4 is 22.2 Å². The number of halogens is 4. The van der Waals surface area contributed by atoms with Gasteiger partial charge in [0, 0.05) is 4.47 Å². The Morgan fingerprint density at radius 3 is 2.59 bits per heavy atom. The van der Waals surface area contributed by atoms with Crippen molar-refractivity contribution in [2.24, 2.45) is 0 Å². The maximum absolute atomic E-state index is 12.2. The van der Waals surface area contributed by atoms with Crippen molar-refractivity contribution in [2.45, 2.75) is 13.0 Å². The molecule has 0 aliphatic rings. The molecule has 3 nitrogen and oxygen atoms in total. The molecule has 0 bridgehead atoms. The van der Waals surface area contributed by atoms with Crippen LogP contribution in [0.25, 0.3) is 0 Å². The topological polar surface area (TPSA) is 35.5 Å². The van der Waals surface area contributed by atoms with E-state index >= 15 is 0 Å². The molecule has 2 rings (SSSR count). The highest BCUT2D eigenvalue weighted by molar-refractivity contribution is 9.10. The number of hydrogen-bond acceptors (Lipinski definition) is 3.